The quantitative estimate of drug-likeness (QED) is 0.698. The van der Waals surface area contributed by atoms with Gasteiger partial charge in [-0.25, -0.2) is 0 Å². The molecule has 0 aromatic rings. The van der Waals surface area contributed by atoms with Gasteiger partial charge in [0, 0.05) is 15.0 Å². The van der Waals surface area contributed by atoms with Crippen LogP contribution in [0.15, 0.2) is 48.1 Å². The summed E-state index contributed by atoms with van der Waals surface area (Å²) in [6.45, 7) is 5.48. The standard InChI is InChI=1S/C15H22N2O.C2H6.2H2/c16-12-8-4-5-9-13-17-15(18)14-10-6-2-1-3-7-11-14;1-2;;/h1-3,6-7,10-11H,4-5,8-9,12-13,16H2,(H,17,18);1-2H3;2*1H/b2-1-,3-1?,6-2?,7-3-,10-6-,11-7?,14-10?,14-11+;;;. The molecule has 0 bridgehead atoms. The van der Waals surface area contributed by atoms with E-state index in [0.717, 1.165) is 38.8 Å². The maximum absolute atomic E-state index is 11.8. The Morgan fingerprint density at radius 3 is 2.45 bits per heavy atom. The Morgan fingerprint density at radius 1 is 1.05 bits per heavy atom. The number of carbonyl (C=O) groups excluding carboxylic acids is 1. The first-order chi connectivity index (χ1) is 9.84. The molecule has 3 N–H and O–H groups in total. The summed E-state index contributed by atoms with van der Waals surface area (Å²) < 4.78 is 0. The van der Waals surface area contributed by atoms with Crippen LogP contribution in [0.1, 0.15) is 42.4 Å². The molecule has 0 aromatic heterocycles. The number of hydrogen-bond donors (Lipinski definition) is 2. The molecule has 0 saturated carbocycles. The minimum atomic E-state index is -0.00924. The monoisotopic (exact) mass is 280 g/mol. The smallest absolute Gasteiger partial charge is 0.251 e. The molecule has 20 heavy (non-hydrogen) atoms. The van der Waals surface area contributed by atoms with Crippen LogP contribution < -0.4 is 11.1 Å². The number of amides is 1. The molecular weight excluding hydrogens is 248 g/mol. The van der Waals surface area contributed by atoms with Crippen LogP contribution >= 0.6 is 0 Å². The topological polar surface area (TPSA) is 55.1 Å². The zero-order chi connectivity index (χ0) is 15.1. The van der Waals surface area contributed by atoms with Crippen LogP contribution in [0, 0.1) is 0 Å². The SMILES string of the molecule is CC.NCCCCCCNC(=O)C1=C/C=C\C=C/C=C\1.[HH].[HH]. The predicted molar refractivity (Wildman–Crippen MR) is 91.6 cm³/mol. The Kier molecular flexibility index (Phi) is 12.7. The van der Waals surface area contributed by atoms with E-state index in [-0.39, 0.29) is 8.76 Å². The van der Waals surface area contributed by atoms with Crippen molar-refractivity contribution < 1.29 is 7.65 Å². The van der Waals surface area contributed by atoms with E-state index in [1.54, 1.807) is 0 Å². The van der Waals surface area contributed by atoms with E-state index in [2.05, 4.69) is 5.32 Å². The van der Waals surface area contributed by atoms with E-state index in [1.807, 2.05) is 56.4 Å². The largest absolute Gasteiger partial charge is 0.352 e. The van der Waals surface area contributed by atoms with Gasteiger partial charge in [0.25, 0.3) is 5.91 Å². The van der Waals surface area contributed by atoms with Gasteiger partial charge in [-0.1, -0.05) is 57.1 Å². The molecule has 0 heterocycles. The average molecular weight is 280 g/mol. The molecule has 0 atom stereocenters. The van der Waals surface area contributed by atoms with Crippen LogP contribution in [0.4, 0.5) is 0 Å². The minimum Gasteiger partial charge on any atom is -0.352 e. The van der Waals surface area contributed by atoms with Crippen LogP contribution in [-0.2, 0) is 4.79 Å². The second-order valence-corrected chi connectivity index (χ2v) is 4.21. The van der Waals surface area contributed by atoms with Crippen molar-refractivity contribution >= 4 is 5.91 Å². The van der Waals surface area contributed by atoms with Gasteiger partial charge in [-0.15, -0.1) is 0 Å². The van der Waals surface area contributed by atoms with Gasteiger partial charge in [0.1, 0.15) is 0 Å². The van der Waals surface area contributed by atoms with Crippen LogP contribution in [0.2, 0.25) is 0 Å². The molecule has 0 radical (unpaired) electrons. The first kappa shape index (κ1) is 18.4. The van der Waals surface area contributed by atoms with E-state index < -0.39 is 0 Å². The fourth-order valence-corrected chi connectivity index (χ4v) is 1.64. The number of rotatable bonds is 7. The summed E-state index contributed by atoms with van der Waals surface area (Å²) in [5.74, 6) is -0.00924. The van der Waals surface area contributed by atoms with E-state index in [9.17, 15) is 4.79 Å². The summed E-state index contributed by atoms with van der Waals surface area (Å²) in [4.78, 5) is 11.8. The summed E-state index contributed by atoms with van der Waals surface area (Å²) >= 11 is 0. The maximum atomic E-state index is 11.8. The highest BCUT2D eigenvalue weighted by Crippen LogP contribution is 2.02. The summed E-state index contributed by atoms with van der Waals surface area (Å²) in [5, 5.41) is 2.93. The Balaban J connectivity index is -0.000000864. The second-order valence-electron chi connectivity index (χ2n) is 4.21. The highest BCUT2D eigenvalue weighted by molar-refractivity contribution is 5.96. The highest BCUT2D eigenvalue weighted by Gasteiger charge is 2.04. The van der Waals surface area contributed by atoms with E-state index in [4.69, 9.17) is 5.73 Å². The van der Waals surface area contributed by atoms with Gasteiger partial charge >= 0.3 is 0 Å². The molecule has 0 aliphatic heterocycles. The molecule has 1 aliphatic carbocycles. The van der Waals surface area contributed by atoms with Crippen molar-refractivity contribution in [2.75, 3.05) is 13.1 Å². The number of unbranched alkanes of at least 4 members (excludes halogenated alkanes) is 3. The molecule has 1 rings (SSSR count). The average Bonchev–Trinajstić information content (AvgIpc) is 2.44. The summed E-state index contributed by atoms with van der Waals surface area (Å²) in [7, 11) is 0. The lowest BCUT2D eigenvalue weighted by Gasteiger charge is -2.05. The summed E-state index contributed by atoms with van der Waals surface area (Å²) in [6, 6.07) is 0. The van der Waals surface area contributed by atoms with E-state index >= 15 is 0 Å². The first-order valence-electron chi connectivity index (χ1n) is 7.54. The fourth-order valence-electron chi connectivity index (χ4n) is 1.64. The third-order valence-corrected chi connectivity index (χ3v) is 2.67. The molecule has 0 fully saturated rings. The number of nitrogens with two attached hydrogens (primary N) is 1. The third-order valence-electron chi connectivity index (χ3n) is 2.67. The van der Waals surface area contributed by atoms with Crippen molar-refractivity contribution in [1.82, 2.24) is 5.32 Å². The van der Waals surface area contributed by atoms with E-state index in [0.29, 0.717) is 5.57 Å². The Morgan fingerprint density at radius 2 is 1.70 bits per heavy atom. The van der Waals surface area contributed by atoms with Gasteiger partial charge in [-0.3, -0.25) is 4.79 Å². The van der Waals surface area contributed by atoms with Gasteiger partial charge in [0.05, 0.1) is 0 Å². The molecule has 0 unspecified atom stereocenters. The Hall–Kier alpha value is -1.61. The highest BCUT2D eigenvalue weighted by atomic mass is 16.1. The molecule has 3 heteroatoms. The Bertz CT molecular complexity index is 375. The lowest BCUT2D eigenvalue weighted by molar-refractivity contribution is -0.117. The summed E-state index contributed by atoms with van der Waals surface area (Å²) in [6.07, 6.45) is 17.5. The van der Waals surface area contributed by atoms with Crippen LogP contribution in [0.3, 0.4) is 0 Å². The van der Waals surface area contributed by atoms with Crippen molar-refractivity contribution in [3.63, 3.8) is 0 Å². The van der Waals surface area contributed by atoms with Gasteiger partial charge in [0.2, 0.25) is 0 Å². The van der Waals surface area contributed by atoms with Crippen molar-refractivity contribution in [2.24, 2.45) is 5.73 Å². The van der Waals surface area contributed by atoms with Crippen molar-refractivity contribution in [3.05, 3.63) is 48.1 Å². The van der Waals surface area contributed by atoms with Gasteiger partial charge in [-0.2, -0.15) is 0 Å². The summed E-state index contributed by atoms with van der Waals surface area (Å²) in [5.41, 5.74) is 6.11. The van der Waals surface area contributed by atoms with Crippen molar-refractivity contribution in [3.8, 4) is 0 Å². The lowest BCUT2D eigenvalue weighted by Crippen LogP contribution is -2.25. The second kappa shape index (κ2) is 13.8. The normalized spacial score (nSPS) is 20.2. The lowest BCUT2D eigenvalue weighted by atomic mass is 10.1. The molecule has 116 valence electrons. The number of carbonyl (C=O) groups is 1. The fraction of sp³-hybridized carbons (Fsp3) is 0.471. The molecular formula is C17H32N2O. The maximum Gasteiger partial charge on any atom is 0.251 e. The van der Waals surface area contributed by atoms with Gasteiger partial charge in [-0.05, 0) is 31.5 Å². The molecule has 0 spiro atoms. The van der Waals surface area contributed by atoms with Gasteiger partial charge in [0.15, 0.2) is 0 Å². The third kappa shape index (κ3) is 9.34. The first-order valence-corrected chi connectivity index (χ1v) is 7.54. The number of hydrogen-bond acceptors (Lipinski definition) is 2. The minimum absolute atomic E-state index is 0. The molecule has 3 nitrogen and oxygen atoms in total. The molecule has 0 aromatic carbocycles. The zero-order valence-corrected chi connectivity index (χ0v) is 12.8. The predicted octanol–water partition coefficient (Wildman–Crippen LogP) is 3.75. The molecule has 1 amide bonds. The van der Waals surface area contributed by atoms with Crippen LogP contribution in [-0.4, -0.2) is 19.0 Å². The van der Waals surface area contributed by atoms with Crippen molar-refractivity contribution in [2.45, 2.75) is 39.5 Å². The Labute approximate surface area is 126 Å². The van der Waals surface area contributed by atoms with Crippen LogP contribution in [0.5, 0.6) is 0 Å². The number of nitrogens with one attached hydrogen (secondary N) is 1. The van der Waals surface area contributed by atoms with Crippen molar-refractivity contribution in [1.29, 1.82) is 0 Å². The van der Waals surface area contributed by atoms with E-state index in [1.165, 1.54) is 0 Å². The molecule has 0 saturated heterocycles. The van der Waals surface area contributed by atoms with Gasteiger partial charge < -0.3 is 11.1 Å². The molecule has 1 aliphatic rings. The zero-order valence-electron chi connectivity index (χ0n) is 12.8. The van der Waals surface area contributed by atoms with Crippen LogP contribution in [0.25, 0.3) is 0 Å². The number of allylic oxidation sites excluding steroid dienone is 6.